The molecule has 1 unspecified atom stereocenters. The maximum atomic E-state index is 11.8. The van der Waals surface area contributed by atoms with Gasteiger partial charge in [-0.25, -0.2) is 0 Å². The van der Waals surface area contributed by atoms with Crippen LogP contribution in [-0.2, 0) is 9.53 Å². The van der Waals surface area contributed by atoms with E-state index in [1.807, 2.05) is 19.1 Å². The molecule has 88 valence electrons. The minimum Gasteiger partial charge on any atom is -0.352 e. The number of rotatable bonds is 1. The van der Waals surface area contributed by atoms with Gasteiger partial charge in [0.25, 0.3) is 5.91 Å². The van der Waals surface area contributed by atoms with Gasteiger partial charge in [0.2, 0.25) is 0 Å². The fraction of sp³-hybridized carbons (Fsp3) is 0.333. The third-order valence-electron chi connectivity index (χ3n) is 2.73. The van der Waals surface area contributed by atoms with Gasteiger partial charge in [0, 0.05) is 10.7 Å². The number of nitriles is 1. The van der Waals surface area contributed by atoms with Gasteiger partial charge in [-0.3, -0.25) is 4.79 Å². The Morgan fingerprint density at radius 3 is 3.06 bits per heavy atom. The van der Waals surface area contributed by atoms with Crippen LogP contribution in [0, 0.1) is 18.3 Å². The molecular weight excluding hydrogens is 240 g/mol. The average Bonchev–Trinajstić information content (AvgIpc) is 2.34. The minimum absolute atomic E-state index is 0.0653. The summed E-state index contributed by atoms with van der Waals surface area (Å²) < 4.78 is 5.08. The monoisotopic (exact) mass is 250 g/mol. The molecule has 0 aliphatic carbocycles. The van der Waals surface area contributed by atoms with Crippen molar-refractivity contribution < 1.29 is 9.53 Å². The zero-order chi connectivity index (χ0) is 12.4. The lowest BCUT2D eigenvalue weighted by molar-refractivity contribution is -0.127. The fourth-order valence-corrected chi connectivity index (χ4v) is 1.94. The van der Waals surface area contributed by atoms with E-state index in [2.05, 4.69) is 0 Å². The molecule has 1 aromatic rings. The zero-order valence-electron chi connectivity index (χ0n) is 9.31. The molecule has 1 fully saturated rings. The summed E-state index contributed by atoms with van der Waals surface area (Å²) in [6.45, 7) is 2.03. The summed E-state index contributed by atoms with van der Waals surface area (Å²) in [5.41, 5.74) is 1.58. The van der Waals surface area contributed by atoms with Crippen molar-refractivity contribution >= 4 is 23.2 Å². The van der Waals surface area contributed by atoms with E-state index in [0.717, 1.165) is 11.3 Å². The molecule has 1 aliphatic rings. The predicted molar refractivity (Wildman–Crippen MR) is 63.9 cm³/mol. The van der Waals surface area contributed by atoms with E-state index in [9.17, 15) is 4.79 Å². The Morgan fingerprint density at radius 1 is 1.59 bits per heavy atom. The van der Waals surface area contributed by atoms with Crippen LogP contribution < -0.4 is 4.90 Å². The maximum Gasteiger partial charge on any atom is 0.253 e. The highest BCUT2D eigenvalue weighted by atomic mass is 35.5. The number of carbonyl (C=O) groups excluding carboxylic acids is 1. The number of carbonyl (C=O) groups is 1. The molecule has 0 N–H and O–H groups in total. The Morgan fingerprint density at radius 2 is 2.35 bits per heavy atom. The quantitative estimate of drug-likeness (QED) is 0.765. The molecule has 4 nitrogen and oxygen atoms in total. The Balaban J connectivity index is 2.35. The highest BCUT2D eigenvalue weighted by Crippen LogP contribution is 2.28. The third-order valence-corrected chi connectivity index (χ3v) is 3.14. The normalized spacial score (nSPS) is 20.2. The van der Waals surface area contributed by atoms with E-state index in [1.165, 1.54) is 0 Å². The summed E-state index contributed by atoms with van der Waals surface area (Å²) in [5, 5.41) is 9.43. The summed E-state index contributed by atoms with van der Waals surface area (Å²) in [6.07, 6.45) is -0.578. The van der Waals surface area contributed by atoms with Crippen molar-refractivity contribution in [3.8, 4) is 6.07 Å². The lowest BCUT2D eigenvalue weighted by Crippen LogP contribution is -2.46. The van der Waals surface area contributed by atoms with Gasteiger partial charge < -0.3 is 9.64 Å². The van der Waals surface area contributed by atoms with Crippen LogP contribution in [0.4, 0.5) is 5.69 Å². The average molecular weight is 251 g/mol. The van der Waals surface area contributed by atoms with Gasteiger partial charge in [0.15, 0.2) is 6.10 Å². The van der Waals surface area contributed by atoms with Gasteiger partial charge in [-0.05, 0) is 24.6 Å². The first-order valence-electron chi connectivity index (χ1n) is 5.20. The summed E-state index contributed by atoms with van der Waals surface area (Å²) in [5.74, 6) is -0.151. The van der Waals surface area contributed by atoms with Gasteiger partial charge >= 0.3 is 0 Å². The molecule has 0 saturated carbocycles. The zero-order valence-corrected chi connectivity index (χ0v) is 10.1. The molecule has 1 aromatic carbocycles. The smallest absolute Gasteiger partial charge is 0.253 e. The minimum atomic E-state index is -0.578. The predicted octanol–water partition coefficient (Wildman–Crippen LogP) is 1.90. The SMILES string of the molecule is Cc1c(Cl)cccc1N1CC(C#N)OCC1=O. The Bertz CT molecular complexity index is 496. The first kappa shape index (κ1) is 11.9. The summed E-state index contributed by atoms with van der Waals surface area (Å²) in [6, 6.07) is 7.38. The number of hydrogen-bond acceptors (Lipinski definition) is 3. The van der Waals surface area contributed by atoms with Gasteiger partial charge in [-0.2, -0.15) is 5.26 Å². The maximum absolute atomic E-state index is 11.8. The molecule has 0 spiro atoms. The van der Waals surface area contributed by atoms with Gasteiger partial charge in [-0.1, -0.05) is 17.7 Å². The molecule has 1 saturated heterocycles. The lowest BCUT2D eigenvalue weighted by atomic mass is 10.1. The summed E-state index contributed by atoms with van der Waals surface area (Å²) >= 11 is 6.02. The van der Waals surface area contributed by atoms with E-state index >= 15 is 0 Å². The Hall–Kier alpha value is -1.57. The number of ether oxygens (including phenoxy) is 1. The van der Waals surface area contributed by atoms with Crippen LogP contribution in [-0.4, -0.2) is 25.2 Å². The van der Waals surface area contributed by atoms with Crippen molar-refractivity contribution in [2.24, 2.45) is 0 Å². The van der Waals surface area contributed by atoms with Crippen LogP contribution >= 0.6 is 11.6 Å². The van der Waals surface area contributed by atoms with E-state index in [4.69, 9.17) is 21.6 Å². The second-order valence-electron chi connectivity index (χ2n) is 3.82. The first-order valence-corrected chi connectivity index (χ1v) is 5.58. The number of benzene rings is 1. The molecule has 0 radical (unpaired) electrons. The van der Waals surface area contributed by atoms with Crippen LogP contribution in [0.25, 0.3) is 0 Å². The standard InChI is InChI=1S/C12H11ClN2O2/c1-8-10(13)3-2-4-11(8)15-6-9(5-14)17-7-12(15)16/h2-4,9H,6-7H2,1H3. The molecule has 5 heteroatoms. The van der Waals surface area contributed by atoms with Gasteiger partial charge in [0.05, 0.1) is 12.6 Å². The number of halogens is 1. The van der Waals surface area contributed by atoms with Crippen molar-refractivity contribution in [1.29, 1.82) is 5.26 Å². The number of morpholine rings is 1. The van der Waals surface area contributed by atoms with Crippen LogP contribution in [0.15, 0.2) is 18.2 Å². The van der Waals surface area contributed by atoms with Crippen molar-refractivity contribution in [3.63, 3.8) is 0 Å². The Labute approximate surface area is 104 Å². The molecule has 1 amide bonds. The summed E-state index contributed by atoms with van der Waals surface area (Å²) in [4.78, 5) is 13.3. The van der Waals surface area contributed by atoms with Crippen LogP contribution in [0.2, 0.25) is 5.02 Å². The fourth-order valence-electron chi connectivity index (χ4n) is 1.77. The van der Waals surface area contributed by atoms with Crippen molar-refractivity contribution in [2.75, 3.05) is 18.1 Å². The molecule has 1 aliphatic heterocycles. The highest BCUT2D eigenvalue weighted by molar-refractivity contribution is 6.31. The molecule has 1 heterocycles. The number of anilines is 1. The van der Waals surface area contributed by atoms with E-state index in [0.29, 0.717) is 5.02 Å². The molecule has 2 rings (SSSR count). The molecule has 0 bridgehead atoms. The molecule has 0 aromatic heterocycles. The second-order valence-corrected chi connectivity index (χ2v) is 4.22. The van der Waals surface area contributed by atoms with Gasteiger partial charge in [0.1, 0.15) is 6.61 Å². The largest absolute Gasteiger partial charge is 0.352 e. The van der Waals surface area contributed by atoms with Crippen LogP contribution in [0.3, 0.4) is 0 Å². The number of amides is 1. The van der Waals surface area contributed by atoms with Gasteiger partial charge in [-0.15, -0.1) is 0 Å². The van der Waals surface area contributed by atoms with Crippen molar-refractivity contribution in [2.45, 2.75) is 13.0 Å². The van der Waals surface area contributed by atoms with Crippen LogP contribution in [0.5, 0.6) is 0 Å². The third kappa shape index (κ3) is 2.26. The van der Waals surface area contributed by atoms with E-state index in [-0.39, 0.29) is 19.1 Å². The van der Waals surface area contributed by atoms with Crippen molar-refractivity contribution in [1.82, 2.24) is 0 Å². The Kier molecular flexibility index (Phi) is 3.32. The highest BCUT2D eigenvalue weighted by Gasteiger charge is 2.28. The first-order chi connectivity index (χ1) is 8.13. The lowest BCUT2D eigenvalue weighted by Gasteiger charge is -2.30. The van der Waals surface area contributed by atoms with E-state index in [1.54, 1.807) is 17.0 Å². The molecular formula is C12H11ClN2O2. The summed E-state index contributed by atoms with van der Waals surface area (Å²) in [7, 11) is 0. The van der Waals surface area contributed by atoms with Crippen molar-refractivity contribution in [3.05, 3.63) is 28.8 Å². The van der Waals surface area contributed by atoms with E-state index < -0.39 is 6.10 Å². The second kappa shape index (κ2) is 4.74. The number of hydrogen-bond donors (Lipinski definition) is 0. The number of nitrogens with zero attached hydrogens (tertiary/aromatic N) is 2. The molecule has 17 heavy (non-hydrogen) atoms. The molecule has 1 atom stereocenters. The topological polar surface area (TPSA) is 53.3 Å². The van der Waals surface area contributed by atoms with Crippen LogP contribution in [0.1, 0.15) is 5.56 Å².